The Morgan fingerprint density at radius 3 is 2.76 bits per heavy atom. The SMILES string of the molecule is CNc1cc(CC(C)C)nc(-c2ccsc2)n1. The number of rotatable bonds is 4. The molecule has 3 nitrogen and oxygen atoms in total. The molecule has 0 spiro atoms. The Balaban J connectivity index is 2.38. The van der Waals surface area contributed by atoms with Crippen LogP contribution in [0.5, 0.6) is 0 Å². The molecule has 0 amide bonds. The first-order chi connectivity index (χ1) is 8.19. The molecule has 1 N–H and O–H groups in total. The molecule has 0 aliphatic rings. The highest BCUT2D eigenvalue weighted by atomic mass is 32.1. The second-order valence-electron chi connectivity index (χ2n) is 4.43. The van der Waals surface area contributed by atoms with Crippen LogP contribution in [0.2, 0.25) is 0 Å². The van der Waals surface area contributed by atoms with Crippen molar-refractivity contribution in [1.82, 2.24) is 9.97 Å². The molecule has 0 aliphatic heterocycles. The summed E-state index contributed by atoms with van der Waals surface area (Å²) in [5.74, 6) is 2.30. The fourth-order valence-electron chi connectivity index (χ4n) is 1.67. The van der Waals surface area contributed by atoms with E-state index in [1.165, 1.54) is 0 Å². The van der Waals surface area contributed by atoms with Gasteiger partial charge in [-0.2, -0.15) is 11.3 Å². The van der Waals surface area contributed by atoms with E-state index in [9.17, 15) is 0 Å². The summed E-state index contributed by atoms with van der Waals surface area (Å²) < 4.78 is 0. The third kappa shape index (κ3) is 3.03. The van der Waals surface area contributed by atoms with Crippen LogP contribution in [-0.4, -0.2) is 17.0 Å². The lowest BCUT2D eigenvalue weighted by Gasteiger charge is -2.08. The standard InChI is InChI=1S/C13H17N3S/c1-9(2)6-11-7-12(14-3)16-13(15-11)10-4-5-17-8-10/h4-5,7-9H,6H2,1-3H3,(H,14,15,16). The van der Waals surface area contributed by atoms with Crippen LogP contribution >= 0.6 is 11.3 Å². The number of aromatic nitrogens is 2. The first-order valence-electron chi connectivity index (χ1n) is 5.77. The molecule has 0 atom stereocenters. The largest absolute Gasteiger partial charge is 0.373 e. The van der Waals surface area contributed by atoms with Crippen molar-refractivity contribution < 1.29 is 0 Å². The molecular formula is C13H17N3S. The van der Waals surface area contributed by atoms with Gasteiger partial charge in [0, 0.05) is 29.8 Å². The van der Waals surface area contributed by atoms with Crippen LogP contribution < -0.4 is 5.32 Å². The van der Waals surface area contributed by atoms with Crippen molar-refractivity contribution in [2.75, 3.05) is 12.4 Å². The zero-order valence-electron chi connectivity index (χ0n) is 10.4. The maximum absolute atomic E-state index is 4.62. The summed E-state index contributed by atoms with van der Waals surface area (Å²) in [4.78, 5) is 9.11. The van der Waals surface area contributed by atoms with Crippen molar-refractivity contribution in [2.24, 2.45) is 5.92 Å². The van der Waals surface area contributed by atoms with Crippen LogP contribution in [0, 0.1) is 5.92 Å². The van der Waals surface area contributed by atoms with Gasteiger partial charge in [-0.25, -0.2) is 9.97 Å². The maximum Gasteiger partial charge on any atom is 0.162 e. The van der Waals surface area contributed by atoms with Crippen molar-refractivity contribution in [2.45, 2.75) is 20.3 Å². The van der Waals surface area contributed by atoms with Gasteiger partial charge < -0.3 is 5.32 Å². The average Bonchev–Trinajstić information content (AvgIpc) is 2.81. The molecule has 0 radical (unpaired) electrons. The van der Waals surface area contributed by atoms with Gasteiger partial charge in [-0.15, -0.1) is 0 Å². The fourth-order valence-corrected chi connectivity index (χ4v) is 2.30. The lowest BCUT2D eigenvalue weighted by atomic mass is 10.1. The summed E-state index contributed by atoms with van der Waals surface area (Å²) in [7, 11) is 1.89. The van der Waals surface area contributed by atoms with E-state index in [2.05, 4.69) is 40.6 Å². The second kappa shape index (κ2) is 5.27. The van der Waals surface area contributed by atoms with Gasteiger partial charge in [-0.1, -0.05) is 13.8 Å². The van der Waals surface area contributed by atoms with Gasteiger partial charge in [0.1, 0.15) is 5.82 Å². The lowest BCUT2D eigenvalue weighted by molar-refractivity contribution is 0.635. The minimum absolute atomic E-state index is 0.602. The highest BCUT2D eigenvalue weighted by Crippen LogP contribution is 2.21. The molecule has 0 bridgehead atoms. The van der Waals surface area contributed by atoms with Crippen molar-refractivity contribution >= 4 is 17.2 Å². The van der Waals surface area contributed by atoms with Gasteiger partial charge in [-0.3, -0.25) is 0 Å². The molecule has 4 heteroatoms. The zero-order chi connectivity index (χ0) is 12.3. The predicted octanol–water partition coefficient (Wildman–Crippen LogP) is 3.45. The second-order valence-corrected chi connectivity index (χ2v) is 5.21. The number of nitrogens with one attached hydrogen (secondary N) is 1. The van der Waals surface area contributed by atoms with Gasteiger partial charge >= 0.3 is 0 Å². The van der Waals surface area contributed by atoms with Gasteiger partial charge in [0.15, 0.2) is 5.82 Å². The van der Waals surface area contributed by atoms with Crippen molar-refractivity contribution in [1.29, 1.82) is 0 Å². The van der Waals surface area contributed by atoms with Crippen LogP contribution in [0.25, 0.3) is 11.4 Å². The summed E-state index contributed by atoms with van der Waals surface area (Å²) in [6.45, 7) is 4.40. The van der Waals surface area contributed by atoms with E-state index in [1.807, 2.05) is 18.5 Å². The smallest absolute Gasteiger partial charge is 0.162 e. The molecule has 2 aromatic heterocycles. The normalized spacial score (nSPS) is 10.8. The predicted molar refractivity (Wildman–Crippen MR) is 73.4 cm³/mol. The van der Waals surface area contributed by atoms with Crippen LogP contribution in [0.4, 0.5) is 5.82 Å². The van der Waals surface area contributed by atoms with E-state index in [0.717, 1.165) is 29.3 Å². The van der Waals surface area contributed by atoms with Crippen LogP contribution in [-0.2, 0) is 6.42 Å². The molecule has 0 saturated heterocycles. The van der Waals surface area contributed by atoms with Crippen molar-refractivity contribution in [3.63, 3.8) is 0 Å². The van der Waals surface area contributed by atoms with E-state index in [4.69, 9.17) is 0 Å². The Labute approximate surface area is 106 Å². The molecule has 0 aliphatic carbocycles. The van der Waals surface area contributed by atoms with Gasteiger partial charge in [0.05, 0.1) is 0 Å². The first-order valence-corrected chi connectivity index (χ1v) is 6.71. The highest BCUT2D eigenvalue weighted by molar-refractivity contribution is 7.08. The molecule has 90 valence electrons. The Hall–Kier alpha value is -1.42. The van der Waals surface area contributed by atoms with Gasteiger partial charge in [0.25, 0.3) is 0 Å². The quantitative estimate of drug-likeness (QED) is 0.899. The highest BCUT2D eigenvalue weighted by Gasteiger charge is 2.07. The van der Waals surface area contributed by atoms with Gasteiger partial charge in [0.2, 0.25) is 0 Å². The third-order valence-electron chi connectivity index (χ3n) is 2.43. The van der Waals surface area contributed by atoms with Crippen LogP contribution in [0.3, 0.4) is 0 Å². The lowest BCUT2D eigenvalue weighted by Crippen LogP contribution is -2.03. The number of anilines is 1. The Kier molecular flexibility index (Phi) is 3.74. The maximum atomic E-state index is 4.62. The number of thiophene rings is 1. The minimum Gasteiger partial charge on any atom is -0.373 e. The van der Waals surface area contributed by atoms with Crippen LogP contribution in [0.1, 0.15) is 19.5 Å². The first kappa shape index (κ1) is 12.0. The zero-order valence-corrected chi connectivity index (χ0v) is 11.2. The number of hydrogen-bond acceptors (Lipinski definition) is 4. The Morgan fingerprint density at radius 2 is 2.18 bits per heavy atom. The molecule has 0 unspecified atom stereocenters. The Morgan fingerprint density at radius 1 is 1.35 bits per heavy atom. The summed E-state index contributed by atoms with van der Waals surface area (Å²) in [5, 5.41) is 7.22. The molecule has 0 fully saturated rings. The number of nitrogens with zero attached hydrogens (tertiary/aromatic N) is 2. The molecule has 2 heterocycles. The molecular weight excluding hydrogens is 230 g/mol. The van der Waals surface area contributed by atoms with E-state index < -0.39 is 0 Å². The molecule has 2 aromatic rings. The van der Waals surface area contributed by atoms with Crippen molar-refractivity contribution in [3.8, 4) is 11.4 Å². The molecule has 17 heavy (non-hydrogen) atoms. The monoisotopic (exact) mass is 247 g/mol. The fraction of sp³-hybridized carbons (Fsp3) is 0.385. The van der Waals surface area contributed by atoms with Crippen LogP contribution in [0.15, 0.2) is 22.9 Å². The third-order valence-corrected chi connectivity index (χ3v) is 3.12. The molecule has 0 aromatic carbocycles. The van der Waals surface area contributed by atoms with Gasteiger partial charge in [-0.05, 0) is 23.8 Å². The van der Waals surface area contributed by atoms with E-state index in [-0.39, 0.29) is 0 Å². The number of hydrogen-bond donors (Lipinski definition) is 1. The average molecular weight is 247 g/mol. The summed E-state index contributed by atoms with van der Waals surface area (Å²) in [5.41, 5.74) is 2.19. The summed E-state index contributed by atoms with van der Waals surface area (Å²) in [6, 6.07) is 4.08. The van der Waals surface area contributed by atoms with Crippen molar-refractivity contribution in [3.05, 3.63) is 28.6 Å². The van der Waals surface area contributed by atoms with E-state index >= 15 is 0 Å². The Bertz CT molecular complexity index is 477. The van der Waals surface area contributed by atoms with E-state index in [1.54, 1.807) is 11.3 Å². The minimum atomic E-state index is 0.602. The summed E-state index contributed by atoms with van der Waals surface area (Å²) in [6.07, 6.45) is 0.980. The molecule has 2 rings (SSSR count). The molecule has 0 saturated carbocycles. The topological polar surface area (TPSA) is 37.8 Å². The van der Waals surface area contributed by atoms with E-state index in [0.29, 0.717) is 5.92 Å². The summed E-state index contributed by atoms with van der Waals surface area (Å²) >= 11 is 1.67.